The molecule has 0 aliphatic heterocycles. The van der Waals surface area contributed by atoms with Crippen molar-refractivity contribution >= 4 is 8.03 Å². The first-order valence-electron chi connectivity index (χ1n) is 5.70. The van der Waals surface area contributed by atoms with E-state index in [0.717, 1.165) is 6.42 Å². The third-order valence-corrected chi connectivity index (χ3v) is 3.56. The SMILES string of the molecule is C[PH](=O)OC(O)[C@@H](N)CC1CCCCC1. The summed E-state index contributed by atoms with van der Waals surface area (Å²) in [6, 6.07) is -0.401. The molecule has 0 bridgehead atoms. The summed E-state index contributed by atoms with van der Waals surface area (Å²) >= 11 is 0. The van der Waals surface area contributed by atoms with Crippen LogP contribution in [0.15, 0.2) is 0 Å². The van der Waals surface area contributed by atoms with Crippen LogP contribution < -0.4 is 5.73 Å². The quantitative estimate of drug-likeness (QED) is 0.562. The summed E-state index contributed by atoms with van der Waals surface area (Å²) in [6.45, 7) is 1.46. The fourth-order valence-corrected chi connectivity index (χ4v) is 2.70. The molecule has 0 spiro atoms. The van der Waals surface area contributed by atoms with E-state index in [4.69, 9.17) is 10.3 Å². The molecule has 4 nitrogen and oxygen atoms in total. The summed E-state index contributed by atoms with van der Waals surface area (Å²) < 4.78 is 15.6. The van der Waals surface area contributed by atoms with Gasteiger partial charge in [-0.1, -0.05) is 32.1 Å². The molecule has 0 aromatic rings. The number of hydrogen-bond acceptors (Lipinski definition) is 4. The van der Waals surface area contributed by atoms with Gasteiger partial charge in [0, 0.05) is 6.66 Å². The first-order chi connectivity index (χ1) is 7.09. The van der Waals surface area contributed by atoms with Gasteiger partial charge in [-0.2, -0.15) is 0 Å². The highest BCUT2D eigenvalue weighted by atomic mass is 31.1. The summed E-state index contributed by atoms with van der Waals surface area (Å²) in [6.07, 6.45) is 5.94. The van der Waals surface area contributed by atoms with Gasteiger partial charge >= 0.3 is 0 Å². The lowest BCUT2D eigenvalue weighted by Crippen LogP contribution is -2.37. The monoisotopic (exact) mass is 235 g/mol. The summed E-state index contributed by atoms with van der Waals surface area (Å²) in [5.74, 6) is 0.603. The van der Waals surface area contributed by atoms with Crippen molar-refractivity contribution in [2.45, 2.75) is 50.9 Å². The lowest BCUT2D eigenvalue weighted by Gasteiger charge is -2.26. The Labute approximate surface area is 92.1 Å². The van der Waals surface area contributed by atoms with Gasteiger partial charge in [-0.3, -0.25) is 9.09 Å². The van der Waals surface area contributed by atoms with Gasteiger partial charge in [0.2, 0.25) is 0 Å². The van der Waals surface area contributed by atoms with Gasteiger partial charge in [0.05, 0.1) is 6.04 Å². The van der Waals surface area contributed by atoms with Crippen molar-refractivity contribution in [2.24, 2.45) is 11.7 Å². The molecule has 0 aromatic heterocycles. The molecule has 3 atom stereocenters. The maximum atomic E-state index is 10.8. The van der Waals surface area contributed by atoms with E-state index >= 15 is 0 Å². The number of hydrogen-bond donors (Lipinski definition) is 2. The van der Waals surface area contributed by atoms with Gasteiger partial charge in [-0.05, 0) is 12.3 Å². The van der Waals surface area contributed by atoms with E-state index in [1.807, 2.05) is 0 Å². The summed E-state index contributed by atoms with van der Waals surface area (Å²) in [5, 5.41) is 9.50. The van der Waals surface area contributed by atoms with Crippen LogP contribution in [0.1, 0.15) is 38.5 Å². The van der Waals surface area contributed by atoms with Crippen LogP contribution in [0.4, 0.5) is 0 Å². The average Bonchev–Trinajstić information content (AvgIpc) is 2.18. The Morgan fingerprint density at radius 2 is 2.07 bits per heavy atom. The van der Waals surface area contributed by atoms with Crippen LogP contribution in [0.25, 0.3) is 0 Å². The maximum absolute atomic E-state index is 10.8. The van der Waals surface area contributed by atoms with Gasteiger partial charge in [0.15, 0.2) is 14.3 Å². The minimum Gasteiger partial charge on any atom is -0.366 e. The zero-order chi connectivity index (χ0) is 11.3. The standard InChI is InChI=1S/C10H22NO3P/c1-15(13)14-10(12)9(11)7-8-5-3-2-4-6-8/h8-10,12,15H,2-7,11H2,1H3/t9-,10?/m0/s1. The van der Waals surface area contributed by atoms with Gasteiger partial charge in [-0.25, -0.2) is 0 Å². The Hall–Kier alpha value is 0.110. The van der Waals surface area contributed by atoms with Gasteiger partial charge < -0.3 is 10.8 Å². The fourth-order valence-electron chi connectivity index (χ4n) is 2.18. The first kappa shape index (κ1) is 13.2. The van der Waals surface area contributed by atoms with Crippen LogP contribution in [-0.4, -0.2) is 24.1 Å². The molecular formula is C10H22NO3P. The molecular weight excluding hydrogens is 213 g/mol. The smallest absolute Gasteiger partial charge is 0.190 e. The van der Waals surface area contributed by atoms with Gasteiger partial charge in [0.1, 0.15) is 0 Å². The highest BCUT2D eigenvalue weighted by Gasteiger charge is 2.22. The highest BCUT2D eigenvalue weighted by molar-refractivity contribution is 7.38. The molecule has 2 unspecified atom stereocenters. The topological polar surface area (TPSA) is 72.5 Å². The molecule has 0 heterocycles. The van der Waals surface area contributed by atoms with Crippen molar-refractivity contribution in [3.63, 3.8) is 0 Å². The zero-order valence-corrected chi connectivity index (χ0v) is 10.3. The lowest BCUT2D eigenvalue weighted by molar-refractivity contribution is -0.0361. The third-order valence-electron chi connectivity index (χ3n) is 2.98. The molecule has 0 radical (unpaired) electrons. The molecule has 5 heteroatoms. The number of rotatable bonds is 5. The van der Waals surface area contributed by atoms with Crippen LogP contribution in [-0.2, 0) is 9.09 Å². The molecule has 3 N–H and O–H groups in total. The van der Waals surface area contributed by atoms with E-state index in [2.05, 4.69) is 0 Å². The molecule has 1 fully saturated rings. The average molecular weight is 235 g/mol. The minimum absolute atomic E-state index is 0.401. The lowest BCUT2D eigenvalue weighted by atomic mass is 9.85. The predicted octanol–water partition coefficient (Wildman–Crippen LogP) is 1.72. The van der Waals surface area contributed by atoms with E-state index in [1.165, 1.54) is 38.8 Å². The van der Waals surface area contributed by atoms with Crippen LogP contribution in [0, 0.1) is 5.92 Å². The van der Waals surface area contributed by atoms with Gasteiger partial charge in [-0.15, -0.1) is 0 Å². The third kappa shape index (κ3) is 5.12. The molecule has 90 valence electrons. The van der Waals surface area contributed by atoms with Crippen LogP contribution in [0.3, 0.4) is 0 Å². The van der Waals surface area contributed by atoms with Crippen molar-refractivity contribution in [1.82, 2.24) is 0 Å². The zero-order valence-electron chi connectivity index (χ0n) is 9.32. The normalized spacial score (nSPS) is 24.7. The molecule has 0 amide bonds. The van der Waals surface area contributed by atoms with Crippen LogP contribution in [0.5, 0.6) is 0 Å². The van der Waals surface area contributed by atoms with Crippen LogP contribution in [0.2, 0.25) is 0 Å². The highest BCUT2D eigenvalue weighted by Crippen LogP contribution is 2.28. The molecule has 15 heavy (non-hydrogen) atoms. The van der Waals surface area contributed by atoms with Crippen molar-refractivity contribution in [3.8, 4) is 0 Å². The minimum atomic E-state index is -2.10. The van der Waals surface area contributed by atoms with Crippen molar-refractivity contribution in [2.75, 3.05) is 6.66 Å². The number of nitrogens with two attached hydrogens (primary N) is 1. The molecule has 1 saturated carbocycles. The second kappa shape index (κ2) is 6.64. The van der Waals surface area contributed by atoms with Gasteiger partial charge in [0.25, 0.3) is 0 Å². The van der Waals surface area contributed by atoms with E-state index in [1.54, 1.807) is 0 Å². The van der Waals surface area contributed by atoms with Crippen LogP contribution >= 0.6 is 8.03 Å². The van der Waals surface area contributed by atoms with E-state index in [9.17, 15) is 9.67 Å². The predicted molar refractivity (Wildman–Crippen MR) is 61.2 cm³/mol. The number of aliphatic hydroxyl groups is 1. The van der Waals surface area contributed by atoms with Crippen molar-refractivity contribution < 1.29 is 14.2 Å². The fraction of sp³-hybridized carbons (Fsp3) is 1.00. The Bertz CT molecular complexity index is 207. The second-order valence-corrected chi connectivity index (χ2v) is 5.62. The van der Waals surface area contributed by atoms with E-state index < -0.39 is 20.4 Å². The first-order valence-corrected chi connectivity index (χ1v) is 7.52. The Morgan fingerprint density at radius 1 is 1.47 bits per heavy atom. The maximum Gasteiger partial charge on any atom is 0.190 e. The van der Waals surface area contributed by atoms with E-state index in [0.29, 0.717) is 5.92 Å². The van der Waals surface area contributed by atoms with Crippen molar-refractivity contribution in [3.05, 3.63) is 0 Å². The largest absolute Gasteiger partial charge is 0.366 e. The summed E-state index contributed by atoms with van der Waals surface area (Å²) in [4.78, 5) is 0. The molecule has 1 aliphatic rings. The second-order valence-electron chi connectivity index (χ2n) is 4.40. The Balaban J connectivity index is 2.26. The molecule has 0 saturated heterocycles. The Morgan fingerprint density at radius 3 is 2.60 bits per heavy atom. The Kier molecular flexibility index (Phi) is 5.83. The van der Waals surface area contributed by atoms with Crippen molar-refractivity contribution in [1.29, 1.82) is 0 Å². The van der Waals surface area contributed by atoms with E-state index in [-0.39, 0.29) is 0 Å². The number of aliphatic hydroxyl groups excluding tert-OH is 1. The molecule has 1 aliphatic carbocycles. The molecule has 1 rings (SSSR count). The summed E-state index contributed by atoms with van der Waals surface area (Å²) in [7, 11) is -2.10. The molecule has 0 aromatic carbocycles. The summed E-state index contributed by atoms with van der Waals surface area (Å²) in [5.41, 5.74) is 5.80.